The third-order valence-electron chi connectivity index (χ3n) is 5.68. The van der Waals surface area contributed by atoms with E-state index in [0.29, 0.717) is 0 Å². The van der Waals surface area contributed by atoms with Crippen LogP contribution in [0.3, 0.4) is 0 Å². The first kappa shape index (κ1) is 18.7. The van der Waals surface area contributed by atoms with E-state index in [2.05, 4.69) is 34.6 Å². The summed E-state index contributed by atoms with van der Waals surface area (Å²) in [6, 6.07) is 7.90. The van der Waals surface area contributed by atoms with E-state index in [4.69, 9.17) is 9.51 Å². The number of para-hydroxylation sites is 2. The van der Waals surface area contributed by atoms with E-state index in [-0.39, 0.29) is 17.9 Å². The van der Waals surface area contributed by atoms with E-state index in [1.165, 1.54) is 6.39 Å². The number of carbonyl (C=O) groups excluding carboxylic acids is 1. The Hall–Kier alpha value is -2.70. The van der Waals surface area contributed by atoms with Gasteiger partial charge < -0.3 is 14.0 Å². The second-order valence-electron chi connectivity index (χ2n) is 7.45. The van der Waals surface area contributed by atoms with Gasteiger partial charge in [0.05, 0.1) is 11.0 Å². The van der Waals surface area contributed by atoms with Crippen molar-refractivity contribution >= 4 is 16.9 Å². The quantitative estimate of drug-likeness (QED) is 0.650. The Kier molecular flexibility index (Phi) is 5.41. The number of imidazole rings is 1. The van der Waals surface area contributed by atoms with Gasteiger partial charge in [-0.3, -0.25) is 4.79 Å². The zero-order valence-corrected chi connectivity index (χ0v) is 16.5. The number of fused-ring (bicyclic) bond motifs is 1. The molecule has 2 aromatic heterocycles. The molecule has 1 aromatic carbocycles. The lowest BCUT2D eigenvalue weighted by atomic mass is 9.95. The van der Waals surface area contributed by atoms with Crippen molar-refractivity contribution in [3.05, 3.63) is 42.3 Å². The molecule has 1 aliphatic heterocycles. The molecule has 1 saturated heterocycles. The van der Waals surface area contributed by atoms with Gasteiger partial charge in [-0.15, -0.1) is 0 Å². The third-order valence-corrected chi connectivity index (χ3v) is 5.68. The molecule has 148 valence electrons. The number of aryl methyl sites for hydroxylation is 1. The number of benzene rings is 1. The molecule has 3 aromatic rings. The Labute approximate surface area is 164 Å². The first-order valence-electron chi connectivity index (χ1n) is 10.2. The number of likely N-dealkylation sites (tertiary alicyclic amines) is 1. The molecule has 4 rings (SSSR count). The standard InChI is InChI=1S/C21H27N5O2/c1-3-7-19-23-16-8-5-6-9-18(16)26(19)17(4-2)21(27)25-12-10-15(11-13-25)20-22-14-28-24-20/h5-6,8-9,14-15,17H,3-4,7,10-13H2,1-2H3/t17-/m0/s1. The Morgan fingerprint density at radius 2 is 2.04 bits per heavy atom. The number of hydrogen-bond donors (Lipinski definition) is 0. The summed E-state index contributed by atoms with van der Waals surface area (Å²) in [6.45, 7) is 5.68. The van der Waals surface area contributed by atoms with Crippen LogP contribution in [-0.2, 0) is 11.2 Å². The summed E-state index contributed by atoms with van der Waals surface area (Å²) in [7, 11) is 0. The first-order chi connectivity index (χ1) is 13.7. The predicted molar refractivity (Wildman–Crippen MR) is 106 cm³/mol. The Bertz CT molecular complexity index is 926. The highest BCUT2D eigenvalue weighted by Crippen LogP contribution is 2.30. The van der Waals surface area contributed by atoms with Gasteiger partial charge in [0.25, 0.3) is 0 Å². The van der Waals surface area contributed by atoms with Crippen LogP contribution in [-0.4, -0.2) is 43.6 Å². The molecule has 1 fully saturated rings. The zero-order valence-electron chi connectivity index (χ0n) is 16.5. The van der Waals surface area contributed by atoms with Crippen LogP contribution in [0.1, 0.15) is 63.1 Å². The van der Waals surface area contributed by atoms with Crippen molar-refractivity contribution in [1.29, 1.82) is 0 Å². The van der Waals surface area contributed by atoms with Crippen LogP contribution in [0.5, 0.6) is 0 Å². The van der Waals surface area contributed by atoms with E-state index >= 15 is 0 Å². The smallest absolute Gasteiger partial charge is 0.245 e. The fourth-order valence-corrected chi connectivity index (χ4v) is 4.24. The minimum absolute atomic E-state index is 0.189. The van der Waals surface area contributed by atoms with E-state index < -0.39 is 0 Å². The molecule has 0 unspecified atom stereocenters. The number of nitrogens with zero attached hydrogens (tertiary/aromatic N) is 5. The lowest BCUT2D eigenvalue weighted by Crippen LogP contribution is -2.42. The van der Waals surface area contributed by atoms with E-state index in [1.54, 1.807) is 0 Å². The summed E-state index contributed by atoms with van der Waals surface area (Å²) >= 11 is 0. The maximum Gasteiger partial charge on any atom is 0.245 e. The van der Waals surface area contributed by atoms with Gasteiger partial charge in [-0.25, -0.2) is 4.98 Å². The summed E-state index contributed by atoms with van der Waals surface area (Å²) in [6.07, 6.45) is 5.74. The average molecular weight is 381 g/mol. The lowest BCUT2D eigenvalue weighted by Gasteiger charge is -2.34. The molecule has 0 aliphatic carbocycles. The van der Waals surface area contributed by atoms with Crippen LogP contribution in [0.25, 0.3) is 11.0 Å². The summed E-state index contributed by atoms with van der Waals surface area (Å²) in [5.41, 5.74) is 2.01. The van der Waals surface area contributed by atoms with Gasteiger partial charge in [-0.1, -0.05) is 31.1 Å². The van der Waals surface area contributed by atoms with Gasteiger partial charge in [0.2, 0.25) is 12.3 Å². The molecule has 0 radical (unpaired) electrons. The van der Waals surface area contributed by atoms with Gasteiger partial charge in [-0.2, -0.15) is 4.98 Å². The van der Waals surface area contributed by atoms with Crippen molar-refractivity contribution < 1.29 is 9.32 Å². The van der Waals surface area contributed by atoms with Crippen LogP contribution in [0.2, 0.25) is 0 Å². The van der Waals surface area contributed by atoms with Crippen molar-refractivity contribution in [2.75, 3.05) is 13.1 Å². The number of hydrogen-bond acceptors (Lipinski definition) is 5. The van der Waals surface area contributed by atoms with Crippen LogP contribution in [0.15, 0.2) is 35.2 Å². The summed E-state index contributed by atoms with van der Waals surface area (Å²) < 4.78 is 7.04. The van der Waals surface area contributed by atoms with Crippen molar-refractivity contribution in [2.45, 2.75) is 57.9 Å². The number of rotatable bonds is 6. The van der Waals surface area contributed by atoms with E-state index in [9.17, 15) is 4.79 Å². The molecule has 0 saturated carbocycles. The molecule has 0 bridgehead atoms. The average Bonchev–Trinajstić information content (AvgIpc) is 3.38. The van der Waals surface area contributed by atoms with Crippen LogP contribution < -0.4 is 0 Å². The minimum Gasteiger partial charge on any atom is -0.343 e. The fourth-order valence-electron chi connectivity index (χ4n) is 4.24. The zero-order chi connectivity index (χ0) is 19.5. The second-order valence-corrected chi connectivity index (χ2v) is 7.45. The van der Waals surface area contributed by atoms with Gasteiger partial charge in [0.15, 0.2) is 5.82 Å². The number of aromatic nitrogens is 4. The molecule has 1 atom stereocenters. The van der Waals surface area contributed by atoms with Crippen molar-refractivity contribution in [2.24, 2.45) is 0 Å². The lowest BCUT2D eigenvalue weighted by molar-refractivity contribution is -0.136. The molecule has 1 aliphatic rings. The SMILES string of the molecule is CCCc1nc2ccccc2n1[C@@H](CC)C(=O)N1CCC(c2ncon2)CC1. The highest BCUT2D eigenvalue weighted by Gasteiger charge is 2.31. The molecule has 7 nitrogen and oxygen atoms in total. The maximum absolute atomic E-state index is 13.4. The van der Waals surface area contributed by atoms with Crippen molar-refractivity contribution in [1.82, 2.24) is 24.6 Å². The molecule has 0 spiro atoms. The van der Waals surface area contributed by atoms with Crippen LogP contribution in [0, 0.1) is 0 Å². The van der Waals surface area contributed by atoms with Crippen LogP contribution in [0.4, 0.5) is 0 Å². The molecule has 3 heterocycles. The van der Waals surface area contributed by atoms with Gasteiger partial charge >= 0.3 is 0 Å². The molecule has 28 heavy (non-hydrogen) atoms. The summed E-state index contributed by atoms with van der Waals surface area (Å²) in [5.74, 6) is 2.22. The summed E-state index contributed by atoms with van der Waals surface area (Å²) in [4.78, 5) is 24.4. The fraction of sp³-hybridized carbons (Fsp3) is 0.524. The molecule has 0 N–H and O–H groups in total. The molecule has 1 amide bonds. The topological polar surface area (TPSA) is 77.0 Å². The molecular formula is C21H27N5O2. The van der Waals surface area contributed by atoms with E-state index in [0.717, 1.165) is 67.9 Å². The Morgan fingerprint density at radius 3 is 2.71 bits per heavy atom. The monoisotopic (exact) mass is 381 g/mol. The van der Waals surface area contributed by atoms with Crippen molar-refractivity contribution in [3.8, 4) is 0 Å². The van der Waals surface area contributed by atoms with Gasteiger partial charge in [0, 0.05) is 25.4 Å². The Morgan fingerprint density at radius 1 is 1.25 bits per heavy atom. The molecular weight excluding hydrogens is 354 g/mol. The third kappa shape index (κ3) is 3.41. The predicted octanol–water partition coefficient (Wildman–Crippen LogP) is 3.73. The summed E-state index contributed by atoms with van der Waals surface area (Å²) in [5, 5.41) is 3.97. The Balaban J connectivity index is 1.57. The van der Waals surface area contributed by atoms with Gasteiger partial charge in [0.1, 0.15) is 11.9 Å². The minimum atomic E-state index is -0.212. The number of amides is 1. The second kappa shape index (κ2) is 8.12. The largest absolute Gasteiger partial charge is 0.343 e. The maximum atomic E-state index is 13.4. The highest BCUT2D eigenvalue weighted by atomic mass is 16.5. The number of piperidine rings is 1. The normalized spacial score (nSPS) is 16.6. The first-order valence-corrected chi connectivity index (χ1v) is 10.2. The highest BCUT2D eigenvalue weighted by molar-refractivity contribution is 5.84. The van der Waals surface area contributed by atoms with Crippen LogP contribution >= 0.6 is 0 Å². The van der Waals surface area contributed by atoms with E-state index in [1.807, 2.05) is 23.1 Å². The number of carbonyl (C=O) groups is 1. The van der Waals surface area contributed by atoms with Gasteiger partial charge in [-0.05, 0) is 37.8 Å². The molecule has 7 heteroatoms. The van der Waals surface area contributed by atoms with Crippen molar-refractivity contribution in [3.63, 3.8) is 0 Å².